The fraction of sp³-hybridized carbons (Fsp3) is 0.714. The second-order valence-electron chi connectivity index (χ2n) is 2.76. The SMILES string of the molecule is CC(=O)NC(=O)C1CNCCN1. The van der Waals surface area contributed by atoms with Gasteiger partial charge < -0.3 is 10.6 Å². The van der Waals surface area contributed by atoms with Crippen molar-refractivity contribution in [3.63, 3.8) is 0 Å². The Hall–Kier alpha value is -0.940. The van der Waals surface area contributed by atoms with Gasteiger partial charge in [0.05, 0.1) is 6.04 Å². The Balaban J connectivity index is 2.34. The molecule has 3 N–H and O–H groups in total. The molecule has 0 aromatic heterocycles. The monoisotopic (exact) mass is 171 g/mol. The normalized spacial score (nSPS) is 23.2. The van der Waals surface area contributed by atoms with Gasteiger partial charge in [-0.25, -0.2) is 0 Å². The lowest BCUT2D eigenvalue weighted by atomic mass is 10.2. The Morgan fingerprint density at radius 1 is 1.42 bits per heavy atom. The lowest BCUT2D eigenvalue weighted by molar-refractivity contribution is -0.130. The molecular weight excluding hydrogens is 158 g/mol. The van der Waals surface area contributed by atoms with Crippen LogP contribution in [0.25, 0.3) is 0 Å². The summed E-state index contributed by atoms with van der Waals surface area (Å²) >= 11 is 0. The Kier molecular flexibility index (Phi) is 3.19. The summed E-state index contributed by atoms with van der Waals surface area (Å²) < 4.78 is 0. The Labute approximate surface area is 70.9 Å². The molecule has 1 atom stereocenters. The highest BCUT2D eigenvalue weighted by Gasteiger charge is 2.20. The molecule has 68 valence electrons. The maximum Gasteiger partial charge on any atom is 0.244 e. The van der Waals surface area contributed by atoms with Crippen LogP contribution in [0.4, 0.5) is 0 Å². The first-order chi connectivity index (χ1) is 5.70. The van der Waals surface area contributed by atoms with Crippen molar-refractivity contribution in [2.45, 2.75) is 13.0 Å². The van der Waals surface area contributed by atoms with Crippen LogP contribution < -0.4 is 16.0 Å². The molecule has 1 rings (SSSR count). The molecule has 1 saturated heterocycles. The van der Waals surface area contributed by atoms with E-state index in [1.54, 1.807) is 0 Å². The van der Waals surface area contributed by atoms with E-state index in [4.69, 9.17) is 0 Å². The van der Waals surface area contributed by atoms with Crippen LogP contribution in [0.2, 0.25) is 0 Å². The van der Waals surface area contributed by atoms with E-state index in [9.17, 15) is 9.59 Å². The molecule has 1 aliphatic heterocycles. The summed E-state index contributed by atoms with van der Waals surface area (Å²) in [5.74, 6) is -0.568. The average Bonchev–Trinajstić information content (AvgIpc) is 2.05. The molecule has 0 bridgehead atoms. The van der Waals surface area contributed by atoms with Crippen molar-refractivity contribution in [1.82, 2.24) is 16.0 Å². The highest BCUT2D eigenvalue weighted by atomic mass is 16.2. The molecule has 1 fully saturated rings. The lowest BCUT2D eigenvalue weighted by Gasteiger charge is -2.22. The topological polar surface area (TPSA) is 70.2 Å². The van der Waals surface area contributed by atoms with Crippen LogP contribution >= 0.6 is 0 Å². The van der Waals surface area contributed by atoms with Crippen LogP contribution in [0.1, 0.15) is 6.92 Å². The Morgan fingerprint density at radius 3 is 2.67 bits per heavy atom. The molecule has 5 heteroatoms. The zero-order valence-electron chi connectivity index (χ0n) is 7.02. The van der Waals surface area contributed by atoms with Crippen molar-refractivity contribution in [3.05, 3.63) is 0 Å². The number of piperazine rings is 1. The standard InChI is InChI=1S/C7H13N3O2/c1-5(11)10-7(12)6-4-8-2-3-9-6/h6,8-9H,2-4H2,1H3,(H,10,11,12). The molecular formula is C7H13N3O2. The van der Waals surface area contributed by atoms with Gasteiger partial charge in [0.15, 0.2) is 0 Å². The van der Waals surface area contributed by atoms with Gasteiger partial charge >= 0.3 is 0 Å². The third-order valence-electron chi connectivity index (χ3n) is 1.66. The molecule has 0 saturated carbocycles. The molecule has 0 aromatic carbocycles. The minimum absolute atomic E-state index is 0.255. The van der Waals surface area contributed by atoms with Gasteiger partial charge in [0.25, 0.3) is 0 Å². The third-order valence-corrected chi connectivity index (χ3v) is 1.66. The van der Waals surface area contributed by atoms with Crippen LogP contribution in [-0.2, 0) is 9.59 Å². The minimum Gasteiger partial charge on any atom is -0.313 e. The number of carbonyl (C=O) groups is 2. The van der Waals surface area contributed by atoms with Crippen LogP contribution in [0.3, 0.4) is 0 Å². The van der Waals surface area contributed by atoms with Gasteiger partial charge in [0, 0.05) is 26.6 Å². The van der Waals surface area contributed by atoms with E-state index >= 15 is 0 Å². The fourth-order valence-corrected chi connectivity index (χ4v) is 1.10. The molecule has 1 heterocycles. The van der Waals surface area contributed by atoms with Crippen molar-refractivity contribution in [3.8, 4) is 0 Å². The zero-order valence-corrected chi connectivity index (χ0v) is 7.02. The van der Waals surface area contributed by atoms with E-state index in [0.29, 0.717) is 6.54 Å². The van der Waals surface area contributed by atoms with Crippen LogP contribution in [0.5, 0.6) is 0 Å². The van der Waals surface area contributed by atoms with Crippen molar-refractivity contribution in [2.75, 3.05) is 19.6 Å². The van der Waals surface area contributed by atoms with E-state index in [-0.39, 0.29) is 17.9 Å². The van der Waals surface area contributed by atoms with E-state index in [0.717, 1.165) is 13.1 Å². The molecule has 0 aromatic rings. The molecule has 12 heavy (non-hydrogen) atoms. The van der Waals surface area contributed by atoms with Crippen LogP contribution in [0.15, 0.2) is 0 Å². The number of hydrogen-bond acceptors (Lipinski definition) is 4. The highest BCUT2D eigenvalue weighted by Crippen LogP contribution is 1.86. The van der Waals surface area contributed by atoms with Gasteiger partial charge in [-0.1, -0.05) is 0 Å². The van der Waals surface area contributed by atoms with Crippen molar-refractivity contribution in [1.29, 1.82) is 0 Å². The van der Waals surface area contributed by atoms with E-state index in [1.165, 1.54) is 6.92 Å². The second kappa shape index (κ2) is 4.18. The van der Waals surface area contributed by atoms with E-state index < -0.39 is 0 Å². The van der Waals surface area contributed by atoms with Gasteiger partial charge in [-0.2, -0.15) is 0 Å². The lowest BCUT2D eigenvalue weighted by Crippen LogP contribution is -2.56. The first-order valence-corrected chi connectivity index (χ1v) is 3.95. The largest absolute Gasteiger partial charge is 0.313 e. The summed E-state index contributed by atoms with van der Waals surface area (Å²) in [6.45, 7) is 3.53. The predicted molar refractivity (Wildman–Crippen MR) is 43.5 cm³/mol. The Bertz CT molecular complexity index is 187. The Morgan fingerprint density at radius 2 is 2.17 bits per heavy atom. The predicted octanol–water partition coefficient (Wildman–Crippen LogP) is -1.79. The summed E-state index contributed by atoms with van der Waals surface area (Å²) in [6.07, 6.45) is 0. The van der Waals surface area contributed by atoms with Crippen LogP contribution in [0, 0.1) is 0 Å². The van der Waals surface area contributed by atoms with E-state index in [1.807, 2.05) is 0 Å². The summed E-state index contributed by atoms with van der Waals surface area (Å²) in [6, 6.07) is -0.275. The number of imide groups is 1. The quantitative estimate of drug-likeness (QED) is 0.436. The van der Waals surface area contributed by atoms with E-state index in [2.05, 4.69) is 16.0 Å². The summed E-state index contributed by atoms with van der Waals surface area (Å²) in [5, 5.41) is 8.28. The molecule has 5 nitrogen and oxygen atoms in total. The zero-order chi connectivity index (χ0) is 8.97. The molecule has 0 aliphatic carbocycles. The fourth-order valence-electron chi connectivity index (χ4n) is 1.10. The number of rotatable bonds is 1. The maximum atomic E-state index is 11.2. The number of hydrogen-bond donors (Lipinski definition) is 3. The average molecular weight is 171 g/mol. The summed E-state index contributed by atoms with van der Waals surface area (Å²) in [4.78, 5) is 21.7. The molecule has 2 amide bonds. The van der Waals surface area contributed by atoms with Gasteiger partial charge in [-0.05, 0) is 0 Å². The summed E-state index contributed by atoms with van der Waals surface area (Å²) in [7, 11) is 0. The van der Waals surface area contributed by atoms with Gasteiger partial charge in [-0.3, -0.25) is 14.9 Å². The third kappa shape index (κ3) is 2.60. The molecule has 0 radical (unpaired) electrons. The van der Waals surface area contributed by atoms with Crippen molar-refractivity contribution < 1.29 is 9.59 Å². The smallest absolute Gasteiger partial charge is 0.244 e. The van der Waals surface area contributed by atoms with Gasteiger partial charge in [0.1, 0.15) is 0 Å². The number of nitrogens with one attached hydrogen (secondary N) is 3. The van der Waals surface area contributed by atoms with Gasteiger partial charge in [0.2, 0.25) is 11.8 Å². The number of carbonyl (C=O) groups excluding carboxylic acids is 2. The first kappa shape index (κ1) is 9.15. The first-order valence-electron chi connectivity index (χ1n) is 3.95. The van der Waals surface area contributed by atoms with Crippen molar-refractivity contribution in [2.24, 2.45) is 0 Å². The summed E-state index contributed by atoms with van der Waals surface area (Å²) in [5.41, 5.74) is 0. The minimum atomic E-state index is -0.313. The molecule has 1 unspecified atom stereocenters. The van der Waals surface area contributed by atoms with Crippen molar-refractivity contribution >= 4 is 11.8 Å². The molecule has 0 spiro atoms. The highest BCUT2D eigenvalue weighted by molar-refractivity contribution is 5.96. The number of amides is 2. The van der Waals surface area contributed by atoms with Crippen LogP contribution in [-0.4, -0.2) is 37.5 Å². The maximum absolute atomic E-state index is 11.2. The molecule has 1 aliphatic rings. The second-order valence-corrected chi connectivity index (χ2v) is 2.76. The van der Waals surface area contributed by atoms with Gasteiger partial charge in [-0.15, -0.1) is 0 Å².